The topological polar surface area (TPSA) is 12.0 Å². The van der Waals surface area contributed by atoms with Gasteiger partial charge in [0, 0.05) is 17.8 Å². The SMILES string of the molecule is c1ccc2c(c1)CC1=C2NCC1. The minimum atomic E-state index is 1.14. The predicted octanol–water partition coefficient (Wildman–Crippen LogP) is 1.95. The van der Waals surface area contributed by atoms with Crippen molar-refractivity contribution in [2.45, 2.75) is 12.8 Å². The van der Waals surface area contributed by atoms with Crippen LogP contribution < -0.4 is 5.32 Å². The first-order valence-corrected chi connectivity index (χ1v) is 4.49. The second-order valence-electron chi connectivity index (χ2n) is 3.49. The van der Waals surface area contributed by atoms with Crippen LogP contribution in [0.4, 0.5) is 0 Å². The van der Waals surface area contributed by atoms with Crippen molar-refractivity contribution in [1.82, 2.24) is 5.32 Å². The van der Waals surface area contributed by atoms with E-state index in [1.54, 1.807) is 5.57 Å². The van der Waals surface area contributed by atoms with Gasteiger partial charge in [0.05, 0.1) is 0 Å². The molecule has 1 aliphatic heterocycles. The van der Waals surface area contributed by atoms with Crippen LogP contribution in [0, 0.1) is 0 Å². The Bertz CT molecular complexity index is 363. The van der Waals surface area contributed by atoms with E-state index in [-0.39, 0.29) is 0 Å². The van der Waals surface area contributed by atoms with Gasteiger partial charge in [-0.1, -0.05) is 24.3 Å². The van der Waals surface area contributed by atoms with Crippen molar-refractivity contribution in [3.8, 4) is 0 Å². The second-order valence-corrected chi connectivity index (χ2v) is 3.49. The Morgan fingerprint density at radius 3 is 3.08 bits per heavy atom. The fraction of sp³-hybridized carbons (Fsp3) is 0.273. The fourth-order valence-corrected chi connectivity index (χ4v) is 2.20. The first-order chi connectivity index (χ1) is 5.95. The van der Waals surface area contributed by atoms with Crippen LogP contribution >= 0.6 is 0 Å². The summed E-state index contributed by atoms with van der Waals surface area (Å²) < 4.78 is 0. The zero-order valence-corrected chi connectivity index (χ0v) is 6.93. The summed E-state index contributed by atoms with van der Waals surface area (Å²) in [6.45, 7) is 1.14. The summed E-state index contributed by atoms with van der Waals surface area (Å²) in [6, 6.07) is 8.70. The molecule has 2 aliphatic rings. The highest BCUT2D eigenvalue weighted by atomic mass is 14.9. The van der Waals surface area contributed by atoms with Gasteiger partial charge in [-0.3, -0.25) is 0 Å². The maximum Gasteiger partial charge on any atom is 0.0412 e. The summed E-state index contributed by atoms with van der Waals surface area (Å²) in [5.41, 5.74) is 5.96. The Morgan fingerprint density at radius 1 is 1.17 bits per heavy atom. The molecule has 1 aromatic rings. The van der Waals surface area contributed by atoms with Crippen molar-refractivity contribution in [1.29, 1.82) is 0 Å². The fourth-order valence-electron chi connectivity index (χ4n) is 2.20. The standard InChI is InChI=1S/C11H11N/c1-2-4-10-8(3-1)7-9-5-6-12-11(9)10/h1-4,12H,5-7H2. The normalized spacial score (nSPS) is 19.0. The minimum absolute atomic E-state index is 1.14. The molecule has 0 radical (unpaired) electrons. The number of nitrogens with one attached hydrogen (secondary N) is 1. The summed E-state index contributed by atoms with van der Waals surface area (Å²) in [5, 5.41) is 3.45. The molecule has 1 nitrogen and oxygen atoms in total. The molecule has 1 N–H and O–H groups in total. The lowest BCUT2D eigenvalue weighted by Gasteiger charge is -2.04. The van der Waals surface area contributed by atoms with Crippen molar-refractivity contribution in [2.75, 3.05) is 6.54 Å². The zero-order valence-electron chi connectivity index (χ0n) is 6.93. The lowest BCUT2D eigenvalue weighted by Crippen LogP contribution is -2.06. The molecule has 3 rings (SSSR count). The van der Waals surface area contributed by atoms with E-state index in [0.29, 0.717) is 0 Å². The van der Waals surface area contributed by atoms with E-state index >= 15 is 0 Å². The summed E-state index contributed by atoms with van der Waals surface area (Å²) >= 11 is 0. The second kappa shape index (κ2) is 2.13. The summed E-state index contributed by atoms with van der Waals surface area (Å²) in [4.78, 5) is 0. The number of benzene rings is 1. The van der Waals surface area contributed by atoms with Crippen LogP contribution in [0.2, 0.25) is 0 Å². The van der Waals surface area contributed by atoms with Crippen molar-refractivity contribution in [3.05, 3.63) is 41.0 Å². The third kappa shape index (κ3) is 0.685. The molecule has 0 atom stereocenters. The molecule has 0 saturated heterocycles. The van der Waals surface area contributed by atoms with E-state index in [4.69, 9.17) is 0 Å². The van der Waals surface area contributed by atoms with E-state index in [0.717, 1.165) is 6.54 Å². The molecular formula is C11H11N. The lowest BCUT2D eigenvalue weighted by molar-refractivity contribution is 0.888. The Hall–Kier alpha value is -1.24. The molecule has 0 unspecified atom stereocenters. The highest BCUT2D eigenvalue weighted by molar-refractivity contribution is 5.76. The monoisotopic (exact) mass is 157 g/mol. The van der Waals surface area contributed by atoms with Crippen molar-refractivity contribution in [2.24, 2.45) is 0 Å². The molecule has 1 aromatic carbocycles. The average Bonchev–Trinajstić information content (AvgIpc) is 2.62. The third-order valence-electron chi connectivity index (χ3n) is 2.77. The van der Waals surface area contributed by atoms with Gasteiger partial charge in [0.25, 0.3) is 0 Å². The number of rotatable bonds is 0. The molecule has 0 spiro atoms. The molecule has 0 aromatic heterocycles. The molecule has 1 heteroatoms. The molecule has 1 heterocycles. The highest BCUT2D eigenvalue weighted by Crippen LogP contribution is 2.35. The molecule has 1 aliphatic carbocycles. The highest BCUT2D eigenvalue weighted by Gasteiger charge is 2.23. The molecule has 0 saturated carbocycles. The first-order valence-electron chi connectivity index (χ1n) is 4.49. The van der Waals surface area contributed by atoms with E-state index in [9.17, 15) is 0 Å². The van der Waals surface area contributed by atoms with Crippen LogP contribution in [-0.2, 0) is 6.42 Å². The van der Waals surface area contributed by atoms with Gasteiger partial charge in [-0.15, -0.1) is 0 Å². The Morgan fingerprint density at radius 2 is 2.08 bits per heavy atom. The van der Waals surface area contributed by atoms with Gasteiger partial charge in [-0.25, -0.2) is 0 Å². The summed E-state index contributed by atoms with van der Waals surface area (Å²) in [7, 11) is 0. The van der Waals surface area contributed by atoms with E-state index in [1.807, 2.05) is 0 Å². The molecule has 60 valence electrons. The van der Waals surface area contributed by atoms with E-state index in [2.05, 4.69) is 29.6 Å². The predicted molar refractivity (Wildman–Crippen MR) is 49.7 cm³/mol. The van der Waals surface area contributed by atoms with Crippen LogP contribution in [0.1, 0.15) is 17.5 Å². The van der Waals surface area contributed by atoms with Gasteiger partial charge < -0.3 is 5.32 Å². The van der Waals surface area contributed by atoms with Gasteiger partial charge in [-0.2, -0.15) is 0 Å². The largest absolute Gasteiger partial charge is 0.384 e. The Balaban J connectivity index is 2.18. The van der Waals surface area contributed by atoms with Gasteiger partial charge in [0.2, 0.25) is 0 Å². The number of hydrogen-bond acceptors (Lipinski definition) is 1. The molecule has 0 bridgehead atoms. The number of fused-ring (bicyclic) bond motifs is 2. The minimum Gasteiger partial charge on any atom is -0.384 e. The third-order valence-corrected chi connectivity index (χ3v) is 2.77. The number of hydrogen-bond donors (Lipinski definition) is 1. The van der Waals surface area contributed by atoms with Crippen LogP contribution in [0.5, 0.6) is 0 Å². The Labute approximate surface area is 72.1 Å². The quantitative estimate of drug-likeness (QED) is 0.607. The van der Waals surface area contributed by atoms with Gasteiger partial charge in [-0.05, 0) is 24.0 Å². The maximum absolute atomic E-state index is 3.45. The van der Waals surface area contributed by atoms with Crippen LogP contribution in [0.25, 0.3) is 5.70 Å². The van der Waals surface area contributed by atoms with Crippen LogP contribution in [0.3, 0.4) is 0 Å². The first kappa shape index (κ1) is 6.30. The lowest BCUT2D eigenvalue weighted by atomic mass is 10.1. The average molecular weight is 157 g/mol. The van der Waals surface area contributed by atoms with E-state index in [1.165, 1.54) is 29.7 Å². The summed E-state index contributed by atoms with van der Waals surface area (Å²) in [5.74, 6) is 0. The molecule has 0 fully saturated rings. The molecular weight excluding hydrogens is 146 g/mol. The van der Waals surface area contributed by atoms with Gasteiger partial charge >= 0.3 is 0 Å². The Kier molecular flexibility index (Phi) is 1.12. The van der Waals surface area contributed by atoms with Crippen molar-refractivity contribution >= 4 is 5.70 Å². The van der Waals surface area contributed by atoms with Gasteiger partial charge in [0.1, 0.15) is 0 Å². The smallest absolute Gasteiger partial charge is 0.0412 e. The van der Waals surface area contributed by atoms with E-state index < -0.39 is 0 Å². The maximum atomic E-state index is 3.45. The molecule has 0 amide bonds. The zero-order chi connectivity index (χ0) is 7.97. The van der Waals surface area contributed by atoms with Crippen molar-refractivity contribution < 1.29 is 0 Å². The van der Waals surface area contributed by atoms with Crippen molar-refractivity contribution in [3.63, 3.8) is 0 Å². The van der Waals surface area contributed by atoms with Gasteiger partial charge in [0.15, 0.2) is 0 Å². The van der Waals surface area contributed by atoms with Crippen LogP contribution in [0.15, 0.2) is 29.8 Å². The molecule has 12 heavy (non-hydrogen) atoms. The summed E-state index contributed by atoms with van der Waals surface area (Å²) in [6.07, 6.45) is 2.42. The van der Waals surface area contributed by atoms with Crippen LogP contribution in [-0.4, -0.2) is 6.54 Å².